The van der Waals surface area contributed by atoms with Crippen LogP contribution < -0.4 is 5.73 Å². The first kappa shape index (κ1) is 12.6. The van der Waals surface area contributed by atoms with Crippen LogP contribution >= 0.6 is 0 Å². The minimum atomic E-state index is -1.12. The van der Waals surface area contributed by atoms with Gasteiger partial charge in [-0.3, -0.25) is 0 Å². The summed E-state index contributed by atoms with van der Waals surface area (Å²) in [5.74, 6) is -2.16. The van der Waals surface area contributed by atoms with Crippen LogP contribution in [0.3, 0.4) is 0 Å². The van der Waals surface area contributed by atoms with Crippen molar-refractivity contribution < 1.29 is 19.8 Å². The van der Waals surface area contributed by atoms with E-state index in [0.717, 1.165) is 0 Å². The summed E-state index contributed by atoms with van der Waals surface area (Å²) in [6.45, 7) is 0. The first-order valence-electron chi connectivity index (χ1n) is 5.46. The van der Waals surface area contributed by atoms with Gasteiger partial charge in [0.2, 0.25) is 0 Å². The molecule has 0 unspecified atom stereocenters. The average Bonchev–Trinajstić information content (AvgIpc) is 2.38. The lowest BCUT2D eigenvalue weighted by atomic mass is 9.98. The number of benzene rings is 2. The predicted octanol–water partition coefficient (Wildman–Crippen LogP) is 2.33. The van der Waals surface area contributed by atoms with Gasteiger partial charge in [0.05, 0.1) is 11.1 Å². The third-order valence-electron chi connectivity index (χ3n) is 2.75. The zero-order valence-corrected chi connectivity index (χ0v) is 9.83. The molecular formula is C14H11NO4. The second kappa shape index (κ2) is 4.81. The van der Waals surface area contributed by atoms with Crippen molar-refractivity contribution >= 4 is 17.6 Å². The molecule has 0 aliphatic carbocycles. The van der Waals surface area contributed by atoms with Crippen molar-refractivity contribution in [3.63, 3.8) is 0 Å². The fourth-order valence-corrected chi connectivity index (χ4v) is 1.85. The Hall–Kier alpha value is -2.82. The van der Waals surface area contributed by atoms with Crippen molar-refractivity contribution in [1.29, 1.82) is 0 Å². The second-order valence-corrected chi connectivity index (χ2v) is 3.96. The standard InChI is InChI=1S/C14H11NO4/c15-12-7-8(5-6-11(12)14(18)19)9-3-1-2-4-10(9)13(16)17/h1-7H,15H2,(H,16,17)(H,18,19). The van der Waals surface area contributed by atoms with Crippen molar-refractivity contribution in [3.05, 3.63) is 53.6 Å². The number of carbonyl (C=O) groups is 2. The highest BCUT2D eigenvalue weighted by Gasteiger charge is 2.13. The quantitative estimate of drug-likeness (QED) is 0.732. The van der Waals surface area contributed by atoms with Gasteiger partial charge in [0.1, 0.15) is 0 Å². The summed E-state index contributed by atoms with van der Waals surface area (Å²) in [5.41, 5.74) is 6.97. The number of hydrogen-bond acceptors (Lipinski definition) is 3. The Labute approximate surface area is 108 Å². The van der Waals surface area contributed by atoms with Gasteiger partial charge in [-0.05, 0) is 29.3 Å². The lowest BCUT2D eigenvalue weighted by molar-refractivity contribution is 0.0686. The van der Waals surface area contributed by atoms with Crippen LogP contribution in [-0.4, -0.2) is 22.2 Å². The number of rotatable bonds is 3. The third-order valence-corrected chi connectivity index (χ3v) is 2.75. The van der Waals surface area contributed by atoms with Crippen LogP contribution in [0.5, 0.6) is 0 Å². The molecule has 0 saturated carbocycles. The molecule has 0 heterocycles. The van der Waals surface area contributed by atoms with Crippen molar-refractivity contribution in [2.45, 2.75) is 0 Å². The molecule has 19 heavy (non-hydrogen) atoms. The van der Waals surface area contributed by atoms with E-state index in [9.17, 15) is 9.59 Å². The minimum Gasteiger partial charge on any atom is -0.478 e. The van der Waals surface area contributed by atoms with Gasteiger partial charge in [-0.15, -0.1) is 0 Å². The highest BCUT2D eigenvalue weighted by Crippen LogP contribution is 2.27. The molecule has 5 heteroatoms. The Balaban J connectivity index is 2.57. The molecule has 5 nitrogen and oxygen atoms in total. The highest BCUT2D eigenvalue weighted by atomic mass is 16.4. The van der Waals surface area contributed by atoms with Gasteiger partial charge in [0.25, 0.3) is 0 Å². The molecule has 0 aliphatic heterocycles. The largest absolute Gasteiger partial charge is 0.478 e. The van der Waals surface area contributed by atoms with Crippen molar-refractivity contribution in [2.75, 3.05) is 5.73 Å². The number of carboxylic acid groups (broad SMARTS) is 2. The van der Waals surface area contributed by atoms with E-state index in [4.69, 9.17) is 15.9 Å². The summed E-state index contributed by atoms with van der Waals surface area (Å²) in [6, 6.07) is 10.8. The summed E-state index contributed by atoms with van der Waals surface area (Å²) in [6.07, 6.45) is 0. The molecule has 96 valence electrons. The van der Waals surface area contributed by atoms with Crippen LogP contribution in [0.1, 0.15) is 20.7 Å². The highest BCUT2D eigenvalue weighted by molar-refractivity contribution is 5.98. The van der Waals surface area contributed by atoms with Gasteiger partial charge < -0.3 is 15.9 Å². The number of aromatic carboxylic acids is 2. The van der Waals surface area contributed by atoms with Crippen LogP contribution in [0.2, 0.25) is 0 Å². The van der Waals surface area contributed by atoms with E-state index in [0.29, 0.717) is 11.1 Å². The van der Waals surface area contributed by atoms with Crippen molar-refractivity contribution in [2.24, 2.45) is 0 Å². The Morgan fingerprint density at radius 1 is 0.895 bits per heavy atom. The van der Waals surface area contributed by atoms with Crippen molar-refractivity contribution in [3.8, 4) is 11.1 Å². The Morgan fingerprint density at radius 3 is 2.11 bits per heavy atom. The van der Waals surface area contributed by atoms with Gasteiger partial charge in [-0.1, -0.05) is 24.3 Å². The first-order valence-corrected chi connectivity index (χ1v) is 5.46. The molecule has 0 bridgehead atoms. The molecule has 0 amide bonds. The number of anilines is 1. The average molecular weight is 257 g/mol. The maximum absolute atomic E-state index is 11.1. The molecule has 0 atom stereocenters. The number of nitrogens with two attached hydrogens (primary N) is 1. The number of carboxylic acids is 2. The van der Waals surface area contributed by atoms with Crippen LogP contribution in [0, 0.1) is 0 Å². The summed E-state index contributed by atoms with van der Waals surface area (Å²) < 4.78 is 0. The van der Waals surface area contributed by atoms with Crippen LogP contribution in [0.25, 0.3) is 11.1 Å². The van der Waals surface area contributed by atoms with Gasteiger partial charge in [-0.2, -0.15) is 0 Å². The molecule has 0 saturated heterocycles. The molecule has 2 rings (SSSR count). The molecule has 0 radical (unpaired) electrons. The van der Waals surface area contributed by atoms with Gasteiger partial charge in [0.15, 0.2) is 0 Å². The maximum Gasteiger partial charge on any atom is 0.337 e. The van der Waals surface area contributed by atoms with Gasteiger partial charge in [0, 0.05) is 5.69 Å². The van der Waals surface area contributed by atoms with Gasteiger partial charge >= 0.3 is 11.9 Å². The molecule has 2 aromatic carbocycles. The minimum absolute atomic E-state index is 0.00319. The number of hydrogen-bond donors (Lipinski definition) is 3. The SMILES string of the molecule is Nc1cc(-c2ccccc2C(=O)O)ccc1C(=O)O. The Kier molecular flexibility index (Phi) is 3.20. The van der Waals surface area contributed by atoms with E-state index in [-0.39, 0.29) is 16.8 Å². The summed E-state index contributed by atoms with van der Waals surface area (Å²) in [4.78, 5) is 22.0. The zero-order chi connectivity index (χ0) is 14.0. The summed E-state index contributed by atoms with van der Waals surface area (Å²) in [7, 11) is 0. The fourth-order valence-electron chi connectivity index (χ4n) is 1.85. The molecule has 0 aromatic heterocycles. The van der Waals surface area contributed by atoms with E-state index in [1.165, 1.54) is 18.2 Å². The van der Waals surface area contributed by atoms with E-state index in [1.54, 1.807) is 24.3 Å². The normalized spacial score (nSPS) is 10.1. The molecular weight excluding hydrogens is 246 g/mol. The lowest BCUT2D eigenvalue weighted by Crippen LogP contribution is -2.03. The van der Waals surface area contributed by atoms with Crippen LogP contribution in [-0.2, 0) is 0 Å². The van der Waals surface area contributed by atoms with E-state index >= 15 is 0 Å². The van der Waals surface area contributed by atoms with E-state index in [1.807, 2.05) is 0 Å². The first-order chi connectivity index (χ1) is 9.00. The molecule has 0 aliphatic rings. The monoisotopic (exact) mass is 257 g/mol. The zero-order valence-electron chi connectivity index (χ0n) is 9.83. The van der Waals surface area contributed by atoms with E-state index < -0.39 is 11.9 Å². The topological polar surface area (TPSA) is 101 Å². The van der Waals surface area contributed by atoms with Crippen LogP contribution in [0.4, 0.5) is 5.69 Å². The maximum atomic E-state index is 11.1. The van der Waals surface area contributed by atoms with Crippen molar-refractivity contribution in [1.82, 2.24) is 0 Å². The lowest BCUT2D eigenvalue weighted by Gasteiger charge is -2.08. The predicted molar refractivity (Wildman–Crippen MR) is 70.2 cm³/mol. The third kappa shape index (κ3) is 2.40. The number of nitrogen functional groups attached to an aromatic ring is 1. The smallest absolute Gasteiger partial charge is 0.337 e. The Bertz CT molecular complexity index is 664. The van der Waals surface area contributed by atoms with E-state index in [2.05, 4.69) is 0 Å². The summed E-state index contributed by atoms with van der Waals surface area (Å²) in [5, 5.41) is 18.0. The molecule has 4 N–H and O–H groups in total. The Morgan fingerprint density at radius 2 is 1.53 bits per heavy atom. The molecule has 0 fully saturated rings. The summed E-state index contributed by atoms with van der Waals surface area (Å²) >= 11 is 0. The second-order valence-electron chi connectivity index (χ2n) is 3.96. The van der Waals surface area contributed by atoms with Crippen LogP contribution in [0.15, 0.2) is 42.5 Å². The molecule has 2 aromatic rings. The molecule has 0 spiro atoms. The van der Waals surface area contributed by atoms with Gasteiger partial charge in [-0.25, -0.2) is 9.59 Å². The fraction of sp³-hybridized carbons (Fsp3) is 0.